The molecule has 0 spiro atoms. The van der Waals surface area contributed by atoms with Crippen LogP contribution in [0.2, 0.25) is 5.02 Å². The van der Waals surface area contributed by atoms with Crippen LogP contribution < -0.4 is 5.32 Å². The molecule has 0 aliphatic heterocycles. The molecule has 3 nitrogen and oxygen atoms in total. The van der Waals surface area contributed by atoms with Crippen LogP contribution >= 0.6 is 11.6 Å². The number of carbonyl (C=O) groups is 1. The van der Waals surface area contributed by atoms with Crippen molar-refractivity contribution in [1.29, 1.82) is 0 Å². The Morgan fingerprint density at radius 1 is 1.59 bits per heavy atom. The summed E-state index contributed by atoms with van der Waals surface area (Å²) in [6, 6.07) is 3.93. The third-order valence-electron chi connectivity index (χ3n) is 2.37. The molecule has 1 unspecified atom stereocenters. The monoisotopic (exact) mass is 259 g/mol. The summed E-state index contributed by atoms with van der Waals surface area (Å²) in [5.41, 5.74) is 0.687. The van der Waals surface area contributed by atoms with Crippen LogP contribution in [0, 0.1) is 5.82 Å². The van der Waals surface area contributed by atoms with Gasteiger partial charge in [0.2, 0.25) is 0 Å². The Bertz CT molecular complexity index is 398. The van der Waals surface area contributed by atoms with Gasteiger partial charge in [0.25, 0.3) is 0 Å². The van der Waals surface area contributed by atoms with Gasteiger partial charge in [-0.2, -0.15) is 0 Å². The molecule has 5 heteroatoms. The highest BCUT2D eigenvalue weighted by Crippen LogP contribution is 2.23. The van der Waals surface area contributed by atoms with Crippen LogP contribution in [0.25, 0.3) is 0 Å². The maximum atomic E-state index is 13.0. The molecule has 0 aliphatic rings. The van der Waals surface area contributed by atoms with E-state index in [4.69, 9.17) is 16.7 Å². The molecule has 1 aromatic carbocycles. The van der Waals surface area contributed by atoms with Gasteiger partial charge in [-0.1, -0.05) is 24.6 Å². The van der Waals surface area contributed by atoms with Crippen molar-refractivity contribution in [2.24, 2.45) is 0 Å². The lowest BCUT2D eigenvalue weighted by molar-refractivity contribution is -0.137. The van der Waals surface area contributed by atoms with Crippen LogP contribution in [0.5, 0.6) is 0 Å². The molecule has 0 heterocycles. The van der Waals surface area contributed by atoms with Gasteiger partial charge in [-0.3, -0.25) is 4.79 Å². The van der Waals surface area contributed by atoms with E-state index in [9.17, 15) is 9.18 Å². The lowest BCUT2D eigenvalue weighted by atomic mass is 10.0. The third-order valence-corrected chi connectivity index (χ3v) is 2.66. The standard InChI is InChI=1S/C12H15ClFNO2/c1-2-5-15-11(7-12(16)17)8-3-4-10(14)9(13)6-8/h3-4,6,11,15H,2,5,7H2,1H3,(H,16,17). The normalized spacial score (nSPS) is 12.4. The highest BCUT2D eigenvalue weighted by Gasteiger charge is 2.15. The Balaban J connectivity index is 2.86. The SMILES string of the molecule is CCCNC(CC(=O)O)c1ccc(F)c(Cl)c1. The number of rotatable bonds is 6. The number of carboxylic acid groups (broad SMARTS) is 1. The summed E-state index contributed by atoms with van der Waals surface area (Å²) >= 11 is 5.68. The molecule has 0 aromatic heterocycles. The van der Waals surface area contributed by atoms with Crippen LogP contribution in [0.4, 0.5) is 4.39 Å². The molecule has 0 fully saturated rings. The van der Waals surface area contributed by atoms with Crippen molar-refractivity contribution in [2.75, 3.05) is 6.54 Å². The second-order valence-electron chi connectivity index (χ2n) is 3.78. The van der Waals surface area contributed by atoms with Gasteiger partial charge in [-0.15, -0.1) is 0 Å². The van der Waals surface area contributed by atoms with E-state index in [2.05, 4.69) is 5.32 Å². The Labute approximate surface area is 105 Å². The van der Waals surface area contributed by atoms with E-state index >= 15 is 0 Å². The molecule has 1 atom stereocenters. The van der Waals surface area contributed by atoms with Crippen molar-refractivity contribution in [3.8, 4) is 0 Å². The molecular formula is C12H15ClFNO2. The number of carboxylic acids is 1. The Hall–Kier alpha value is -1.13. The van der Waals surface area contributed by atoms with E-state index < -0.39 is 11.8 Å². The molecule has 94 valence electrons. The fourth-order valence-electron chi connectivity index (χ4n) is 1.53. The number of halogens is 2. The summed E-state index contributed by atoms with van der Waals surface area (Å²) in [4.78, 5) is 10.8. The van der Waals surface area contributed by atoms with E-state index in [1.165, 1.54) is 12.1 Å². The van der Waals surface area contributed by atoms with E-state index in [0.29, 0.717) is 12.1 Å². The zero-order chi connectivity index (χ0) is 12.8. The van der Waals surface area contributed by atoms with Gasteiger partial charge in [-0.25, -0.2) is 4.39 Å². The fourth-order valence-corrected chi connectivity index (χ4v) is 1.72. The minimum Gasteiger partial charge on any atom is -0.481 e. The number of hydrogen-bond donors (Lipinski definition) is 2. The topological polar surface area (TPSA) is 49.3 Å². The Morgan fingerprint density at radius 2 is 2.29 bits per heavy atom. The average Bonchev–Trinajstić information content (AvgIpc) is 2.27. The largest absolute Gasteiger partial charge is 0.481 e. The molecule has 0 saturated heterocycles. The van der Waals surface area contributed by atoms with Gasteiger partial charge >= 0.3 is 5.97 Å². The van der Waals surface area contributed by atoms with Gasteiger partial charge < -0.3 is 10.4 Å². The van der Waals surface area contributed by atoms with Crippen LogP contribution in [0.3, 0.4) is 0 Å². The Kier molecular flexibility index (Phi) is 5.38. The predicted octanol–water partition coefficient (Wildman–Crippen LogP) is 2.99. The lowest BCUT2D eigenvalue weighted by Crippen LogP contribution is -2.24. The maximum Gasteiger partial charge on any atom is 0.305 e. The van der Waals surface area contributed by atoms with Crippen LogP contribution in [0.15, 0.2) is 18.2 Å². The van der Waals surface area contributed by atoms with Gasteiger partial charge in [0, 0.05) is 6.04 Å². The van der Waals surface area contributed by atoms with Crippen molar-refractivity contribution < 1.29 is 14.3 Å². The first-order valence-corrected chi connectivity index (χ1v) is 5.82. The van der Waals surface area contributed by atoms with Crippen molar-refractivity contribution in [1.82, 2.24) is 5.32 Å². The predicted molar refractivity (Wildman–Crippen MR) is 64.7 cm³/mol. The van der Waals surface area contributed by atoms with E-state index in [1.54, 1.807) is 6.07 Å². The second-order valence-corrected chi connectivity index (χ2v) is 4.19. The first-order chi connectivity index (χ1) is 8.04. The summed E-state index contributed by atoms with van der Waals surface area (Å²) in [6.45, 7) is 2.69. The highest BCUT2D eigenvalue weighted by molar-refractivity contribution is 6.30. The molecule has 0 radical (unpaired) electrons. The number of benzene rings is 1. The molecule has 0 aliphatic carbocycles. The van der Waals surface area contributed by atoms with E-state index in [0.717, 1.165) is 6.42 Å². The van der Waals surface area contributed by atoms with Crippen molar-refractivity contribution in [3.05, 3.63) is 34.6 Å². The number of nitrogens with one attached hydrogen (secondary N) is 1. The molecule has 1 aromatic rings. The van der Waals surface area contributed by atoms with E-state index in [-0.39, 0.29) is 17.5 Å². The quantitative estimate of drug-likeness (QED) is 0.826. The van der Waals surface area contributed by atoms with Gasteiger partial charge in [0.1, 0.15) is 5.82 Å². The molecule has 1 rings (SSSR count). The second kappa shape index (κ2) is 6.57. The Morgan fingerprint density at radius 3 is 2.82 bits per heavy atom. The summed E-state index contributed by atoms with van der Waals surface area (Å²) in [7, 11) is 0. The average molecular weight is 260 g/mol. The third kappa shape index (κ3) is 4.32. The molecule has 17 heavy (non-hydrogen) atoms. The zero-order valence-electron chi connectivity index (χ0n) is 9.54. The van der Waals surface area contributed by atoms with Crippen molar-refractivity contribution in [3.63, 3.8) is 0 Å². The lowest BCUT2D eigenvalue weighted by Gasteiger charge is -2.17. The minimum atomic E-state index is -0.904. The number of aliphatic carboxylic acids is 1. The fraction of sp³-hybridized carbons (Fsp3) is 0.417. The van der Waals surface area contributed by atoms with Crippen molar-refractivity contribution >= 4 is 17.6 Å². The first-order valence-electron chi connectivity index (χ1n) is 5.44. The summed E-state index contributed by atoms with van der Waals surface area (Å²) in [5, 5.41) is 11.9. The van der Waals surface area contributed by atoms with Gasteiger partial charge in [0.15, 0.2) is 0 Å². The molecular weight excluding hydrogens is 245 g/mol. The number of hydrogen-bond acceptors (Lipinski definition) is 2. The van der Waals surface area contributed by atoms with Gasteiger partial charge in [-0.05, 0) is 30.7 Å². The van der Waals surface area contributed by atoms with Crippen LogP contribution in [0.1, 0.15) is 31.4 Å². The molecule has 0 saturated carbocycles. The van der Waals surface area contributed by atoms with Gasteiger partial charge in [0.05, 0.1) is 11.4 Å². The van der Waals surface area contributed by atoms with E-state index in [1.807, 2.05) is 6.92 Å². The minimum absolute atomic E-state index is 0.0104. The smallest absolute Gasteiger partial charge is 0.305 e. The van der Waals surface area contributed by atoms with Crippen LogP contribution in [-0.2, 0) is 4.79 Å². The van der Waals surface area contributed by atoms with Crippen LogP contribution in [-0.4, -0.2) is 17.6 Å². The highest BCUT2D eigenvalue weighted by atomic mass is 35.5. The zero-order valence-corrected chi connectivity index (χ0v) is 10.3. The summed E-state index contributed by atoms with van der Waals surface area (Å²) in [6.07, 6.45) is 0.840. The summed E-state index contributed by atoms with van der Waals surface area (Å²) < 4.78 is 13.0. The maximum absolute atomic E-state index is 13.0. The molecule has 2 N–H and O–H groups in total. The summed E-state index contributed by atoms with van der Waals surface area (Å²) in [5.74, 6) is -1.40. The van der Waals surface area contributed by atoms with Crippen molar-refractivity contribution in [2.45, 2.75) is 25.8 Å². The molecule has 0 bridgehead atoms. The molecule has 0 amide bonds. The first kappa shape index (κ1) is 13.9.